The second-order valence-corrected chi connectivity index (χ2v) is 9.30. The number of carbonyl (C=O) groups is 1. The lowest BCUT2D eigenvalue weighted by Crippen LogP contribution is -2.41. The van der Waals surface area contributed by atoms with Crippen LogP contribution in [0.1, 0.15) is 35.7 Å². The third kappa shape index (κ3) is 4.22. The van der Waals surface area contributed by atoms with Crippen molar-refractivity contribution in [3.63, 3.8) is 0 Å². The van der Waals surface area contributed by atoms with Crippen molar-refractivity contribution in [2.75, 3.05) is 70.0 Å². The van der Waals surface area contributed by atoms with Crippen molar-refractivity contribution in [1.82, 2.24) is 14.7 Å². The lowest BCUT2D eigenvalue weighted by atomic mass is 10.0. The highest BCUT2D eigenvalue weighted by Crippen LogP contribution is 2.42. The van der Waals surface area contributed by atoms with Crippen LogP contribution in [0.3, 0.4) is 0 Å². The standard InChI is InChI=1S/C25H35N5O4/c1-18-4-5-22-23(16-18)27(12-15-32-2)10-11-29(22)24-20-17-28(25(31)33-3)9-6-21(20)30(26-24)19-7-13-34-14-8-19/h4-5,16,19H,6-15,17H2,1-3H3. The first-order valence-electron chi connectivity index (χ1n) is 12.2. The van der Waals surface area contributed by atoms with Crippen molar-refractivity contribution in [2.45, 2.75) is 38.8 Å². The summed E-state index contributed by atoms with van der Waals surface area (Å²) in [5, 5.41) is 5.23. The Hall–Kier alpha value is -2.78. The number of methoxy groups -OCH3 is 2. The van der Waals surface area contributed by atoms with E-state index in [-0.39, 0.29) is 6.09 Å². The number of rotatable bonds is 5. The number of aryl methyl sites for hydroxylation is 1. The molecule has 0 unspecified atom stereocenters. The first-order chi connectivity index (χ1) is 16.6. The van der Waals surface area contributed by atoms with Crippen LogP contribution >= 0.6 is 0 Å². The summed E-state index contributed by atoms with van der Waals surface area (Å²) in [6.45, 7) is 8.09. The van der Waals surface area contributed by atoms with Crippen LogP contribution in [-0.2, 0) is 27.2 Å². The molecule has 0 aliphatic carbocycles. The number of hydrogen-bond acceptors (Lipinski definition) is 7. The van der Waals surface area contributed by atoms with Gasteiger partial charge in [0.05, 0.1) is 37.7 Å². The molecule has 0 N–H and O–H groups in total. The Morgan fingerprint density at radius 3 is 2.74 bits per heavy atom. The molecule has 4 heterocycles. The van der Waals surface area contributed by atoms with E-state index in [0.29, 0.717) is 25.7 Å². The van der Waals surface area contributed by atoms with Gasteiger partial charge in [-0.2, -0.15) is 5.10 Å². The average Bonchev–Trinajstić information content (AvgIpc) is 3.26. The fraction of sp³-hybridized carbons (Fsp3) is 0.600. The van der Waals surface area contributed by atoms with Gasteiger partial charge in [0, 0.05) is 64.2 Å². The molecule has 0 spiro atoms. The van der Waals surface area contributed by atoms with Crippen molar-refractivity contribution in [2.24, 2.45) is 0 Å². The Labute approximate surface area is 201 Å². The molecule has 1 aromatic carbocycles. The van der Waals surface area contributed by atoms with E-state index in [1.807, 2.05) is 0 Å². The fourth-order valence-corrected chi connectivity index (χ4v) is 5.39. The molecule has 1 fully saturated rings. The zero-order valence-corrected chi connectivity index (χ0v) is 20.5. The maximum atomic E-state index is 12.4. The number of hydrogen-bond donors (Lipinski definition) is 0. The highest BCUT2D eigenvalue weighted by molar-refractivity contribution is 5.80. The van der Waals surface area contributed by atoms with Gasteiger partial charge in [0.25, 0.3) is 0 Å². The molecule has 5 rings (SSSR count). The van der Waals surface area contributed by atoms with E-state index >= 15 is 0 Å². The molecule has 1 aromatic heterocycles. The maximum absolute atomic E-state index is 12.4. The van der Waals surface area contributed by atoms with Crippen molar-refractivity contribution >= 4 is 23.3 Å². The van der Waals surface area contributed by atoms with Crippen molar-refractivity contribution in [3.05, 3.63) is 35.0 Å². The number of amides is 1. The van der Waals surface area contributed by atoms with E-state index in [0.717, 1.165) is 69.2 Å². The highest BCUT2D eigenvalue weighted by atomic mass is 16.5. The highest BCUT2D eigenvalue weighted by Gasteiger charge is 2.35. The molecule has 2 aromatic rings. The summed E-state index contributed by atoms with van der Waals surface area (Å²) in [6.07, 6.45) is 2.43. The zero-order valence-electron chi connectivity index (χ0n) is 20.5. The van der Waals surface area contributed by atoms with Crippen LogP contribution in [0.5, 0.6) is 0 Å². The SMILES string of the molecule is COCCN1CCN(c2nn(C3CCOCC3)c3c2CN(C(=O)OC)CC3)c2ccc(C)cc21. The third-order valence-electron chi connectivity index (χ3n) is 7.21. The van der Waals surface area contributed by atoms with E-state index in [2.05, 4.69) is 39.6 Å². The number of ether oxygens (including phenoxy) is 3. The van der Waals surface area contributed by atoms with Crippen LogP contribution in [0, 0.1) is 6.92 Å². The Bertz CT molecular complexity index is 1030. The van der Waals surface area contributed by atoms with E-state index in [9.17, 15) is 4.79 Å². The molecule has 0 saturated carbocycles. The van der Waals surface area contributed by atoms with E-state index < -0.39 is 0 Å². The number of benzene rings is 1. The molecule has 0 radical (unpaired) electrons. The van der Waals surface area contributed by atoms with Gasteiger partial charge in [0.15, 0.2) is 5.82 Å². The van der Waals surface area contributed by atoms with E-state index in [1.54, 1.807) is 12.0 Å². The second-order valence-electron chi connectivity index (χ2n) is 9.30. The Balaban J connectivity index is 1.56. The molecule has 0 atom stereocenters. The van der Waals surface area contributed by atoms with E-state index in [1.165, 1.54) is 24.1 Å². The maximum Gasteiger partial charge on any atom is 0.409 e. The monoisotopic (exact) mass is 469 g/mol. The van der Waals surface area contributed by atoms with Gasteiger partial charge >= 0.3 is 6.09 Å². The Morgan fingerprint density at radius 2 is 1.97 bits per heavy atom. The summed E-state index contributed by atoms with van der Waals surface area (Å²) in [7, 11) is 3.19. The van der Waals surface area contributed by atoms with Gasteiger partial charge in [-0.05, 0) is 37.5 Å². The number of carbonyl (C=O) groups excluding carboxylic acids is 1. The minimum atomic E-state index is -0.282. The average molecular weight is 470 g/mol. The van der Waals surface area contributed by atoms with Gasteiger partial charge in [-0.1, -0.05) is 6.07 Å². The van der Waals surface area contributed by atoms with Gasteiger partial charge in [0.1, 0.15) is 0 Å². The minimum Gasteiger partial charge on any atom is -0.453 e. The third-order valence-corrected chi connectivity index (χ3v) is 7.21. The number of nitrogens with zero attached hydrogens (tertiary/aromatic N) is 5. The molecule has 3 aliphatic heterocycles. The van der Waals surface area contributed by atoms with Gasteiger partial charge in [0.2, 0.25) is 0 Å². The van der Waals surface area contributed by atoms with Crippen LogP contribution in [0.25, 0.3) is 0 Å². The predicted octanol–water partition coefficient (Wildman–Crippen LogP) is 3.27. The smallest absolute Gasteiger partial charge is 0.409 e. The summed E-state index contributed by atoms with van der Waals surface area (Å²) in [5.74, 6) is 0.964. The first-order valence-corrected chi connectivity index (χ1v) is 12.2. The fourth-order valence-electron chi connectivity index (χ4n) is 5.39. The summed E-state index contributed by atoms with van der Waals surface area (Å²) in [4.78, 5) is 18.9. The van der Waals surface area contributed by atoms with Gasteiger partial charge < -0.3 is 28.9 Å². The lowest BCUT2D eigenvalue weighted by molar-refractivity contribution is 0.0649. The number of aromatic nitrogens is 2. The molecule has 1 saturated heterocycles. The molecule has 184 valence electrons. The topological polar surface area (TPSA) is 72.3 Å². The number of anilines is 3. The van der Waals surface area contributed by atoms with Crippen molar-refractivity contribution in [1.29, 1.82) is 0 Å². The van der Waals surface area contributed by atoms with Gasteiger partial charge in [-0.25, -0.2) is 4.79 Å². The predicted molar refractivity (Wildman–Crippen MR) is 130 cm³/mol. The molecule has 0 bridgehead atoms. The molecule has 9 heteroatoms. The Kier molecular flexibility index (Phi) is 6.65. The lowest BCUT2D eigenvalue weighted by Gasteiger charge is -2.39. The molecule has 9 nitrogen and oxygen atoms in total. The first kappa shape index (κ1) is 23.0. The summed E-state index contributed by atoms with van der Waals surface area (Å²) < 4.78 is 18.3. The van der Waals surface area contributed by atoms with Gasteiger partial charge in [-0.15, -0.1) is 0 Å². The minimum absolute atomic E-state index is 0.282. The van der Waals surface area contributed by atoms with Crippen molar-refractivity contribution < 1.29 is 19.0 Å². The molecule has 1 amide bonds. The summed E-state index contributed by atoms with van der Waals surface area (Å²) in [5.41, 5.74) is 5.98. The molecule has 3 aliphatic rings. The number of fused-ring (bicyclic) bond motifs is 2. The van der Waals surface area contributed by atoms with E-state index in [4.69, 9.17) is 19.3 Å². The summed E-state index contributed by atoms with van der Waals surface area (Å²) >= 11 is 0. The van der Waals surface area contributed by atoms with Crippen LogP contribution in [0.15, 0.2) is 18.2 Å². The second kappa shape index (κ2) is 9.84. The van der Waals surface area contributed by atoms with Crippen LogP contribution in [0.2, 0.25) is 0 Å². The normalized spacial score (nSPS) is 18.6. The van der Waals surface area contributed by atoms with Crippen LogP contribution in [0.4, 0.5) is 22.0 Å². The molecule has 34 heavy (non-hydrogen) atoms. The van der Waals surface area contributed by atoms with Crippen molar-refractivity contribution in [3.8, 4) is 0 Å². The summed E-state index contributed by atoms with van der Waals surface area (Å²) in [6, 6.07) is 6.94. The quantitative estimate of drug-likeness (QED) is 0.666. The molecular weight excluding hydrogens is 434 g/mol. The van der Waals surface area contributed by atoms with Crippen LogP contribution in [-0.4, -0.2) is 81.0 Å². The van der Waals surface area contributed by atoms with Crippen LogP contribution < -0.4 is 9.80 Å². The largest absolute Gasteiger partial charge is 0.453 e. The Morgan fingerprint density at radius 1 is 1.15 bits per heavy atom. The zero-order chi connectivity index (χ0) is 23.7. The molecular formula is C25H35N5O4. The van der Waals surface area contributed by atoms with Gasteiger partial charge in [-0.3, -0.25) is 4.68 Å².